The number of aliphatic hydroxyl groups excluding tert-OH is 1. The highest BCUT2D eigenvalue weighted by molar-refractivity contribution is 4.84. The van der Waals surface area contributed by atoms with Crippen LogP contribution in [0.5, 0.6) is 0 Å². The fourth-order valence-electron chi connectivity index (χ4n) is 1.45. The van der Waals surface area contributed by atoms with Crippen molar-refractivity contribution in [2.45, 2.75) is 37.9 Å². The fourth-order valence-corrected chi connectivity index (χ4v) is 1.45. The lowest BCUT2D eigenvalue weighted by atomic mass is 10.2. The second-order valence-electron chi connectivity index (χ2n) is 3.77. The third kappa shape index (κ3) is 2.78. The van der Waals surface area contributed by atoms with Crippen molar-refractivity contribution in [3.8, 4) is 0 Å². The van der Waals surface area contributed by atoms with Crippen molar-refractivity contribution in [3.05, 3.63) is 12.7 Å². The molecule has 0 bridgehead atoms. The highest BCUT2D eigenvalue weighted by atomic mass is 16.3. The number of aryl methyl sites for hydroxylation is 1. The average molecular weight is 196 g/mol. The molecule has 1 heterocycles. The summed E-state index contributed by atoms with van der Waals surface area (Å²) in [6, 6.07) is 0.842. The fraction of sp³-hybridized carbons (Fsp3) is 0.778. The predicted molar refractivity (Wildman–Crippen MR) is 51.7 cm³/mol. The summed E-state index contributed by atoms with van der Waals surface area (Å²) in [4.78, 5) is 3.87. The molecule has 0 radical (unpaired) electrons. The van der Waals surface area contributed by atoms with E-state index >= 15 is 0 Å². The van der Waals surface area contributed by atoms with Crippen LogP contribution in [-0.2, 0) is 6.54 Å². The topological polar surface area (TPSA) is 63.0 Å². The van der Waals surface area contributed by atoms with Crippen LogP contribution < -0.4 is 5.32 Å². The molecule has 0 spiro atoms. The highest BCUT2D eigenvalue weighted by Gasteiger charge is 2.23. The monoisotopic (exact) mass is 196 g/mol. The zero-order valence-electron chi connectivity index (χ0n) is 8.13. The molecule has 5 heteroatoms. The van der Waals surface area contributed by atoms with E-state index in [2.05, 4.69) is 15.4 Å². The van der Waals surface area contributed by atoms with Gasteiger partial charge in [0.05, 0.1) is 6.61 Å². The second kappa shape index (κ2) is 4.52. The standard InChI is InChI=1S/C9H16N4O/c14-5-9(12-8-1-2-8)3-4-13-7-10-6-11-13/h6-9,12,14H,1-5H2. The van der Waals surface area contributed by atoms with Crippen molar-refractivity contribution in [1.82, 2.24) is 20.1 Å². The van der Waals surface area contributed by atoms with E-state index in [-0.39, 0.29) is 12.6 Å². The maximum atomic E-state index is 9.12. The summed E-state index contributed by atoms with van der Waals surface area (Å²) in [5, 5.41) is 16.5. The molecule has 2 N–H and O–H groups in total. The summed E-state index contributed by atoms with van der Waals surface area (Å²) in [6.07, 6.45) is 6.63. The van der Waals surface area contributed by atoms with E-state index in [1.165, 1.54) is 19.2 Å². The molecule has 1 saturated carbocycles. The molecule has 78 valence electrons. The quantitative estimate of drug-likeness (QED) is 0.660. The molecular weight excluding hydrogens is 180 g/mol. The van der Waals surface area contributed by atoms with E-state index in [1.54, 1.807) is 11.0 Å². The Labute approximate surface area is 83.2 Å². The highest BCUT2D eigenvalue weighted by Crippen LogP contribution is 2.19. The Morgan fingerprint density at radius 2 is 2.43 bits per heavy atom. The Bertz CT molecular complexity index is 258. The van der Waals surface area contributed by atoms with Gasteiger partial charge >= 0.3 is 0 Å². The van der Waals surface area contributed by atoms with Gasteiger partial charge in [-0.1, -0.05) is 0 Å². The van der Waals surface area contributed by atoms with Crippen molar-refractivity contribution in [3.63, 3.8) is 0 Å². The third-order valence-corrected chi connectivity index (χ3v) is 2.44. The number of nitrogens with one attached hydrogen (secondary N) is 1. The molecule has 14 heavy (non-hydrogen) atoms. The van der Waals surface area contributed by atoms with Crippen LogP contribution in [0.25, 0.3) is 0 Å². The maximum Gasteiger partial charge on any atom is 0.137 e. The first-order valence-corrected chi connectivity index (χ1v) is 5.08. The van der Waals surface area contributed by atoms with Gasteiger partial charge in [0.15, 0.2) is 0 Å². The second-order valence-corrected chi connectivity index (χ2v) is 3.77. The number of hydrogen-bond acceptors (Lipinski definition) is 4. The maximum absolute atomic E-state index is 9.12. The Morgan fingerprint density at radius 3 is 3.00 bits per heavy atom. The number of hydrogen-bond donors (Lipinski definition) is 2. The molecule has 0 aromatic carbocycles. The van der Waals surface area contributed by atoms with Gasteiger partial charge in [0.25, 0.3) is 0 Å². The van der Waals surface area contributed by atoms with E-state index in [0.29, 0.717) is 6.04 Å². The van der Waals surface area contributed by atoms with Crippen molar-refractivity contribution in [2.24, 2.45) is 0 Å². The minimum Gasteiger partial charge on any atom is -0.395 e. The smallest absolute Gasteiger partial charge is 0.137 e. The molecule has 1 unspecified atom stereocenters. The van der Waals surface area contributed by atoms with Crippen molar-refractivity contribution >= 4 is 0 Å². The van der Waals surface area contributed by atoms with Crippen LogP contribution >= 0.6 is 0 Å². The lowest BCUT2D eigenvalue weighted by Gasteiger charge is -2.15. The first kappa shape index (κ1) is 9.61. The van der Waals surface area contributed by atoms with E-state index in [0.717, 1.165) is 13.0 Å². The van der Waals surface area contributed by atoms with Crippen LogP contribution in [0, 0.1) is 0 Å². The lowest BCUT2D eigenvalue weighted by Crippen LogP contribution is -2.35. The Hall–Kier alpha value is -0.940. The molecule has 1 atom stereocenters. The largest absolute Gasteiger partial charge is 0.395 e. The van der Waals surface area contributed by atoms with E-state index in [4.69, 9.17) is 5.11 Å². The van der Waals surface area contributed by atoms with Crippen molar-refractivity contribution in [2.75, 3.05) is 6.61 Å². The van der Waals surface area contributed by atoms with Gasteiger partial charge in [0, 0.05) is 18.6 Å². The summed E-state index contributed by atoms with van der Waals surface area (Å²) in [6.45, 7) is 1.01. The van der Waals surface area contributed by atoms with Crippen LogP contribution in [-0.4, -0.2) is 38.6 Å². The molecule has 1 aromatic rings. The molecule has 0 amide bonds. The Kier molecular flexibility index (Phi) is 3.10. The molecule has 1 aromatic heterocycles. The molecule has 1 aliphatic carbocycles. The summed E-state index contributed by atoms with van der Waals surface area (Å²) in [5.41, 5.74) is 0. The van der Waals surface area contributed by atoms with Gasteiger partial charge in [-0.15, -0.1) is 0 Å². The van der Waals surface area contributed by atoms with Gasteiger partial charge in [-0.05, 0) is 19.3 Å². The molecule has 1 fully saturated rings. The van der Waals surface area contributed by atoms with Gasteiger partial charge in [-0.25, -0.2) is 4.98 Å². The molecule has 5 nitrogen and oxygen atoms in total. The number of rotatable bonds is 6. The Balaban J connectivity index is 1.71. The first-order valence-electron chi connectivity index (χ1n) is 5.08. The summed E-state index contributed by atoms with van der Waals surface area (Å²) in [7, 11) is 0. The van der Waals surface area contributed by atoms with E-state index in [9.17, 15) is 0 Å². The van der Waals surface area contributed by atoms with Crippen LogP contribution in [0.3, 0.4) is 0 Å². The number of aliphatic hydroxyl groups is 1. The summed E-state index contributed by atoms with van der Waals surface area (Å²) >= 11 is 0. The van der Waals surface area contributed by atoms with Crippen LogP contribution in [0.2, 0.25) is 0 Å². The minimum absolute atomic E-state index is 0.200. The number of aromatic nitrogens is 3. The predicted octanol–water partition coefficient (Wildman–Crippen LogP) is -0.219. The van der Waals surface area contributed by atoms with Crippen LogP contribution in [0.1, 0.15) is 19.3 Å². The van der Waals surface area contributed by atoms with Gasteiger partial charge in [0.1, 0.15) is 12.7 Å². The van der Waals surface area contributed by atoms with Crippen molar-refractivity contribution in [1.29, 1.82) is 0 Å². The molecule has 2 rings (SSSR count). The minimum atomic E-state index is 0.200. The molecule has 0 saturated heterocycles. The van der Waals surface area contributed by atoms with Gasteiger partial charge in [0.2, 0.25) is 0 Å². The number of nitrogens with zero attached hydrogens (tertiary/aromatic N) is 3. The van der Waals surface area contributed by atoms with E-state index < -0.39 is 0 Å². The van der Waals surface area contributed by atoms with E-state index in [1.807, 2.05) is 0 Å². The van der Waals surface area contributed by atoms with Crippen molar-refractivity contribution < 1.29 is 5.11 Å². The van der Waals surface area contributed by atoms with Gasteiger partial charge < -0.3 is 10.4 Å². The SMILES string of the molecule is OCC(CCn1cncn1)NC1CC1. The zero-order chi connectivity index (χ0) is 9.80. The first-order chi connectivity index (χ1) is 6.88. The normalized spacial score (nSPS) is 18.4. The molecule has 0 aliphatic heterocycles. The zero-order valence-corrected chi connectivity index (χ0v) is 8.13. The van der Waals surface area contributed by atoms with Crippen LogP contribution in [0.4, 0.5) is 0 Å². The average Bonchev–Trinajstić information content (AvgIpc) is 2.86. The molecular formula is C9H16N4O. The molecule has 1 aliphatic rings. The third-order valence-electron chi connectivity index (χ3n) is 2.44. The van der Waals surface area contributed by atoms with Gasteiger partial charge in [-0.3, -0.25) is 4.68 Å². The lowest BCUT2D eigenvalue weighted by molar-refractivity contribution is 0.228. The van der Waals surface area contributed by atoms with Gasteiger partial charge in [-0.2, -0.15) is 5.10 Å². The Morgan fingerprint density at radius 1 is 1.57 bits per heavy atom. The summed E-state index contributed by atoms with van der Waals surface area (Å²) < 4.78 is 1.79. The van der Waals surface area contributed by atoms with Crippen LogP contribution in [0.15, 0.2) is 12.7 Å². The summed E-state index contributed by atoms with van der Waals surface area (Å²) in [5.74, 6) is 0.